The summed E-state index contributed by atoms with van der Waals surface area (Å²) in [7, 11) is 2.14. The average Bonchev–Trinajstić information content (AvgIpc) is 2.40. The summed E-state index contributed by atoms with van der Waals surface area (Å²) in [6.07, 6.45) is 9.74. The van der Waals surface area contributed by atoms with Crippen LogP contribution in [0, 0.1) is 11.3 Å². The first-order valence-electron chi connectivity index (χ1n) is 8.89. The standard InChI is InChI=1S/C20H31N/c1-20(2)13-5-4-12-18(20)19(21-3)17-11-7-10-16(14-17)15-8-6-9-15/h7,10-11,14-15,18-19,21H,4-6,8-9,12-13H2,1-3H3. The minimum absolute atomic E-state index is 0.457. The topological polar surface area (TPSA) is 12.0 Å². The van der Waals surface area contributed by atoms with Crippen LogP contribution in [0.2, 0.25) is 0 Å². The van der Waals surface area contributed by atoms with E-state index in [1.807, 2.05) is 0 Å². The Bertz CT molecular complexity index is 472. The smallest absolute Gasteiger partial charge is 0.0351 e. The van der Waals surface area contributed by atoms with E-state index >= 15 is 0 Å². The molecule has 0 aliphatic heterocycles. The summed E-state index contributed by atoms with van der Waals surface area (Å²) in [6.45, 7) is 4.94. The van der Waals surface area contributed by atoms with Gasteiger partial charge in [-0.2, -0.15) is 0 Å². The van der Waals surface area contributed by atoms with Crippen LogP contribution in [0.15, 0.2) is 24.3 Å². The van der Waals surface area contributed by atoms with E-state index in [2.05, 4.69) is 50.5 Å². The van der Waals surface area contributed by atoms with Gasteiger partial charge in [-0.1, -0.05) is 57.4 Å². The van der Waals surface area contributed by atoms with Crippen molar-refractivity contribution < 1.29 is 0 Å². The van der Waals surface area contributed by atoms with Crippen molar-refractivity contribution >= 4 is 0 Å². The molecule has 1 heteroatoms. The van der Waals surface area contributed by atoms with Gasteiger partial charge >= 0.3 is 0 Å². The van der Waals surface area contributed by atoms with E-state index in [0.717, 1.165) is 11.8 Å². The number of hydrogen-bond donors (Lipinski definition) is 1. The molecule has 1 aromatic carbocycles. The van der Waals surface area contributed by atoms with Gasteiger partial charge < -0.3 is 5.32 Å². The lowest BCUT2D eigenvalue weighted by molar-refractivity contribution is 0.101. The molecule has 1 nitrogen and oxygen atoms in total. The van der Waals surface area contributed by atoms with Crippen molar-refractivity contribution in [1.82, 2.24) is 5.32 Å². The monoisotopic (exact) mass is 285 g/mol. The minimum atomic E-state index is 0.457. The van der Waals surface area contributed by atoms with Gasteiger partial charge in [0.1, 0.15) is 0 Å². The second kappa shape index (κ2) is 6.12. The molecule has 0 saturated heterocycles. The van der Waals surface area contributed by atoms with Crippen LogP contribution in [0.4, 0.5) is 0 Å². The average molecular weight is 285 g/mol. The van der Waals surface area contributed by atoms with Crippen LogP contribution < -0.4 is 5.32 Å². The molecule has 0 amide bonds. The van der Waals surface area contributed by atoms with E-state index in [1.165, 1.54) is 50.5 Å². The van der Waals surface area contributed by atoms with E-state index in [0.29, 0.717) is 11.5 Å². The normalized spacial score (nSPS) is 27.1. The maximum Gasteiger partial charge on any atom is 0.0351 e. The summed E-state index contributed by atoms with van der Waals surface area (Å²) in [5.41, 5.74) is 3.55. The minimum Gasteiger partial charge on any atom is -0.313 e. The van der Waals surface area contributed by atoms with Crippen LogP contribution in [0.25, 0.3) is 0 Å². The number of rotatable bonds is 4. The molecular weight excluding hydrogens is 254 g/mol. The molecule has 3 rings (SSSR count). The Labute approximate surface area is 130 Å². The third-order valence-corrected chi connectivity index (χ3v) is 6.15. The largest absolute Gasteiger partial charge is 0.313 e. The van der Waals surface area contributed by atoms with Crippen LogP contribution in [0.1, 0.15) is 81.9 Å². The molecule has 2 aliphatic rings. The zero-order valence-electron chi connectivity index (χ0n) is 14.0. The van der Waals surface area contributed by atoms with E-state index < -0.39 is 0 Å². The van der Waals surface area contributed by atoms with E-state index in [4.69, 9.17) is 0 Å². The van der Waals surface area contributed by atoms with Crippen molar-refractivity contribution in [2.75, 3.05) is 7.05 Å². The summed E-state index contributed by atoms with van der Waals surface area (Å²) < 4.78 is 0. The van der Waals surface area contributed by atoms with Crippen molar-refractivity contribution in [2.24, 2.45) is 11.3 Å². The third kappa shape index (κ3) is 3.04. The van der Waals surface area contributed by atoms with E-state index in [-0.39, 0.29) is 0 Å². The molecule has 2 aliphatic carbocycles. The SMILES string of the molecule is CNC(c1cccc(C2CCC2)c1)C1CCCCC1(C)C. The molecule has 2 fully saturated rings. The fourth-order valence-electron chi connectivity index (χ4n) is 4.49. The van der Waals surface area contributed by atoms with Crippen LogP contribution in [0.5, 0.6) is 0 Å². The van der Waals surface area contributed by atoms with Crippen LogP contribution >= 0.6 is 0 Å². The molecule has 0 radical (unpaired) electrons. The summed E-state index contributed by atoms with van der Waals surface area (Å²) in [4.78, 5) is 0. The molecule has 2 atom stereocenters. The Hall–Kier alpha value is -0.820. The summed E-state index contributed by atoms with van der Waals surface area (Å²) >= 11 is 0. The third-order valence-electron chi connectivity index (χ3n) is 6.15. The van der Waals surface area contributed by atoms with Crippen LogP contribution in [-0.4, -0.2) is 7.05 Å². The molecule has 0 aromatic heterocycles. The molecule has 0 spiro atoms. The fraction of sp³-hybridized carbons (Fsp3) is 0.700. The van der Waals surface area contributed by atoms with Gasteiger partial charge in [-0.25, -0.2) is 0 Å². The van der Waals surface area contributed by atoms with Gasteiger partial charge in [-0.3, -0.25) is 0 Å². The predicted molar refractivity (Wildman–Crippen MR) is 90.6 cm³/mol. The number of nitrogens with one attached hydrogen (secondary N) is 1. The number of hydrogen-bond acceptors (Lipinski definition) is 1. The zero-order valence-corrected chi connectivity index (χ0v) is 14.0. The predicted octanol–water partition coefficient (Wildman–Crippen LogP) is 5.43. The molecular formula is C20H31N. The maximum absolute atomic E-state index is 3.65. The first-order valence-corrected chi connectivity index (χ1v) is 8.89. The Balaban J connectivity index is 1.85. The summed E-state index contributed by atoms with van der Waals surface area (Å²) in [5.74, 6) is 1.59. The lowest BCUT2D eigenvalue weighted by atomic mass is 9.64. The fourth-order valence-corrected chi connectivity index (χ4v) is 4.49. The first-order chi connectivity index (χ1) is 10.1. The highest BCUT2D eigenvalue weighted by atomic mass is 14.9. The second-order valence-electron chi connectivity index (χ2n) is 7.91. The Morgan fingerprint density at radius 3 is 2.52 bits per heavy atom. The molecule has 21 heavy (non-hydrogen) atoms. The summed E-state index contributed by atoms with van der Waals surface area (Å²) in [5, 5.41) is 3.65. The van der Waals surface area contributed by atoms with Crippen LogP contribution in [0.3, 0.4) is 0 Å². The zero-order chi connectivity index (χ0) is 14.9. The number of benzene rings is 1. The van der Waals surface area contributed by atoms with Gasteiger partial charge in [-0.05, 0) is 61.1 Å². The Morgan fingerprint density at radius 1 is 1.10 bits per heavy atom. The van der Waals surface area contributed by atoms with Crippen molar-refractivity contribution in [3.8, 4) is 0 Å². The van der Waals surface area contributed by atoms with Gasteiger partial charge in [0.05, 0.1) is 0 Å². The highest BCUT2D eigenvalue weighted by molar-refractivity contribution is 5.30. The highest BCUT2D eigenvalue weighted by Gasteiger charge is 2.37. The molecule has 116 valence electrons. The van der Waals surface area contributed by atoms with Gasteiger partial charge in [0, 0.05) is 6.04 Å². The molecule has 1 aromatic rings. The van der Waals surface area contributed by atoms with Gasteiger partial charge in [0.2, 0.25) is 0 Å². The molecule has 0 bridgehead atoms. The van der Waals surface area contributed by atoms with Crippen molar-refractivity contribution in [3.05, 3.63) is 35.4 Å². The van der Waals surface area contributed by atoms with Crippen molar-refractivity contribution in [3.63, 3.8) is 0 Å². The Kier molecular flexibility index (Phi) is 4.40. The Morgan fingerprint density at radius 2 is 1.90 bits per heavy atom. The lowest BCUT2D eigenvalue weighted by Crippen LogP contribution is -2.37. The quantitative estimate of drug-likeness (QED) is 0.777. The van der Waals surface area contributed by atoms with Crippen molar-refractivity contribution in [1.29, 1.82) is 0 Å². The van der Waals surface area contributed by atoms with Gasteiger partial charge in [0.15, 0.2) is 0 Å². The first kappa shape index (κ1) is 15.1. The summed E-state index contributed by atoms with van der Waals surface area (Å²) in [6, 6.07) is 9.97. The van der Waals surface area contributed by atoms with E-state index in [1.54, 1.807) is 5.56 Å². The van der Waals surface area contributed by atoms with E-state index in [9.17, 15) is 0 Å². The van der Waals surface area contributed by atoms with Gasteiger partial charge in [0.25, 0.3) is 0 Å². The molecule has 2 saturated carbocycles. The second-order valence-corrected chi connectivity index (χ2v) is 7.91. The van der Waals surface area contributed by atoms with Crippen molar-refractivity contribution in [2.45, 2.75) is 70.8 Å². The van der Waals surface area contributed by atoms with Gasteiger partial charge in [-0.15, -0.1) is 0 Å². The van der Waals surface area contributed by atoms with Crippen LogP contribution in [-0.2, 0) is 0 Å². The lowest BCUT2D eigenvalue weighted by Gasteiger charge is -2.43. The highest BCUT2D eigenvalue weighted by Crippen LogP contribution is 2.47. The maximum atomic E-state index is 3.65. The molecule has 0 heterocycles. The molecule has 1 N–H and O–H groups in total. The molecule has 2 unspecified atom stereocenters.